The smallest absolute Gasteiger partial charge is 0.241 e. The van der Waals surface area contributed by atoms with Crippen molar-refractivity contribution >= 4 is 33.4 Å². The molecule has 6 heteroatoms. The maximum atomic E-state index is 12.5. The molecule has 2 fully saturated rings. The Balaban J connectivity index is 1.49. The van der Waals surface area contributed by atoms with E-state index >= 15 is 0 Å². The first-order valence-corrected chi connectivity index (χ1v) is 9.93. The normalized spacial score (nSPS) is 20.5. The number of rotatable bonds is 4. The molecule has 0 aliphatic carbocycles. The fourth-order valence-corrected chi connectivity index (χ4v) is 4.11. The monoisotopic (exact) mass is 407 g/mol. The zero-order valence-electron chi connectivity index (χ0n) is 14.7. The largest absolute Gasteiger partial charge is 0.342 e. The molecule has 0 bridgehead atoms. The van der Waals surface area contributed by atoms with E-state index in [1.807, 2.05) is 36.1 Å². The molecule has 2 aliphatic rings. The van der Waals surface area contributed by atoms with Crippen LogP contribution in [0, 0.1) is 5.92 Å². The lowest BCUT2D eigenvalue weighted by atomic mass is 9.94. The number of benzene rings is 1. The Kier molecular flexibility index (Phi) is 6.12. The lowest BCUT2D eigenvalue weighted by Gasteiger charge is -2.36. The van der Waals surface area contributed by atoms with E-state index in [1.54, 1.807) is 0 Å². The fourth-order valence-electron chi connectivity index (χ4n) is 3.71. The molecule has 1 N–H and O–H groups in total. The Morgan fingerprint density at radius 1 is 1.16 bits per heavy atom. The van der Waals surface area contributed by atoms with Gasteiger partial charge in [0.2, 0.25) is 11.8 Å². The Labute approximate surface area is 157 Å². The average Bonchev–Trinajstić information content (AvgIpc) is 3.15. The fraction of sp³-hybridized carbons (Fsp3) is 0.579. The van der Waals surface area contributed by atoms with Crippen LogP contribution in [0.2, 0.25) is 0 Å². The minimum absolute atomic E-state index is 0.00224. The van der Waals surface area contributed by atoms with Gasteiger partial charge in [-0.25, -0.2) is 0 Å². The van der Waals surface area contributed by atoms with Gasteiger partial charge in [-0.2, -0.15) is 0 Å². The van der Waals surface area contributed by atoms with Gasteiger partial charge < -0.3 is 10.2 Å². The number of nitrogens with one attached hydrogen (secondary N) is 1. The molecule has 25 heavy (non-hydrogen) atoms. The van der Waals surface area contributed by atoms with E-state index < -0.39 is 0 Å². The van der Waals surface area contributed by atoms with Crippen molar-refractivity contribution in [2.24, 2.45) is 5.92 Å². The van der Waals surface area contributed by atoms with Gasteiger partial charge in [-0.1, -0.05) is 22.0 Å². The number of hydrogen-bond acceptors (Lipinski definition) is 3. The van der Waals surface area contributed by atoms with Gasteiger partial charge in [0.15, 0.2) is 0 Å². The molecule has 1 aromatic carbocycles. The van der Waals surface area contributed by atoms with Crippen molar-refractivity contribution in [1.29, 1.82) is 0 Å². The third kappa shape index (κ3) is 4.61. The van der Waals surface area contributed by atoms with Crippen LogP contribution in [0.3, 0.4) is 0 Å². The van der Waals surface area contributed by atoms with Crippen molar-refractivity contribution in [2.75, 3.05) is 31.5 Å². The maximum absolute atomic E-state index is 12.5. The summed E-state index contributed by atoms with van der Waals surface area (Å²) in [6.07, 6.45) is 3.97. The van der Waals surface area contributed by atoms with E-state index in [0.717, 1.165) is 62.0 Å². The second kappa shape index (κ2) is 8.32. The number of piperidine rings is 1. The predicted molar refractivity (Wildman–Crippen MR) is 102 cm³/mol. The number of likely N-dealkylation sites (tertiary alicyclic amines) is 2. The van der Waals surface area contributed by atoms with Crippen LogP contribution in [0.15, 0.2) is 28.7 Å². The molecule has 0 aromatic heterocycles. The highest BCUT2D eigenvalue weighted by Crippen LogP contribution is 2.24. The van der Waals surface area contributed by atoms with Gasteiger partial charge in [0.1, 0.15) is 0 Å². The van der Waals surface area contributed by atoms with Gasteiger partial charge in [-0.15, -0.1) is 0 Å². The summed E-state index contributed by atoms with van der Waals surface area (Å²) in [5.74, 6) is 0.459. The van der Waals surface area contributed by atoms with Gasteiger partial charge in [-0.3, -0.25) is 14.5 Å². The molecule has 0 saturated carbocycles. The highest BCUT2D eigenvalue weighted by Gasteiger charge is 2.32. The van der Waals surface area contributed by atoms with E-state index in [9.17, 15) is 9.59 Å². The van der Waals surface area contributed by atoms with Crippen molar-refractivity contribution in [3.63, 3.8) is 0 Å². The van der Waals surface area contributed by atoms with Crippen molar-refractivity contribution < 1.29 is 9.59 Å². The molecule has 2 saturated heterocycles. The van der Waals surface area contributed by atoms with Crippen molar-refractivity contribution in [3.05, 3.63) is 28.7 Å². The van der Waals surface area contributed by atoms with Gasteiger partial charge >= 0.3 is 0 Å². The van der Waals surface area contributed by atoms with Crippen LogP contribution in [0.5, 0.6) is 0 Å². The minimum Gasteiger partial charge on any atom is -0.342 e. The minimum atomic E-state index is -0.193. The summed E-state index contributed by atoms with van der Waals surface area (Å²) < 4.78 is 0.944. The number of hydrogen-bond donors (Lipinski definition) is 1. The van der Waals surface area contributed by atoms with Crippen LogP contribution in [0.4, 0.5) is 5.69 Å². The second-order valence-electron chi connectivity index (χ2n) is 7.02. The van der Waals surface area contributed by atoms with Crippen LogP contribution in [0.25, 0.3) is 0 Å². The zero-order valence-corrected chi connectivity index (χ0v) is 16.3. The van der Waals surface area contributed by atoms with E-state index in [0.29, 0.717) is 5.91 Å². The third-order valence-electron chi connectivity index (χ3n) is 5.32. The molecule has 1 unspecified atom stereocenters. The van der Waals surface area contributed by atoms with Crippen LogP contribution in [-0.2, 0) is 9.59 Å². The third-order valence-corrected chi connectivity index (χ3v) is 5.81. The topological polar surface area (TPSA) is 52.7 Å². The van der Waals surface area contributed by atoms with Gasteiger partial charge in [0, 0.05) is 29.2 Å². The molecule has 2 amide bonds. The Morgan fingerprint density at radius 3 is 2.48 bits per heavy atom. The molecule has 5 nitrogen and oxygen atoms in total. The van der Waals surface area contributed by atoms with Gasteiger partial charge in [0.25, 0.3) is 0 Å². The maximum Gasteiger partial charge on any atom is 0.241 e. The first-order chi connectivity index (χ1) is 12.0. The summed E-state index contributed by atoms with van der Waals surface area (Å²) in [6.45, 7) is 5.39. The molecule has 1 atom stereocenters. The van der Waals surface area contributed by atoms with Crippen molar-refractivity contribution in [3.8, 4) is 0 Å². The van der Waals surface area contributed by atoms with Gasteiger partial charge in [-0.05, 0) is 63.9 Å². The highest BCUT2D eigenvalue weighted by molar-refractivity contribution is 9.10. The summed E-state index contributed by atoms with van der Waals surface area (Å²) >= 11 is 3.42. The summed E-state index contributed by atoms with van der Waals surface area (Å²) in [5, 5.41) is 2.97. The number of anilines is 1. The predicted octanol–water partition coefficient (Wildman–Crippen LogP) is 3.11. The first kappa shape index (κ1) is 18.4. The Hall–Kier alpha value is -1.40. The second-order valence-corrected chi connectivity index (χ2v) is 7.93. The van der Waals surface area contributed by atoms with E-state index in [2.05, 4.69) is 26.1 Å². The standard InChI is InChI=1S/C19H26BrN3O2/c1-14(18(24)21-17-6-4-5-16(20)13-17)22-11-7-15(8-12-22)19(25)23-9-2-3-10-23/h4-6,13-15H,2-3,7-12H2,1H3,(H,21,24). The quantitative estimate of drug-likeness (QED) is 0.833. The van der Waals surface area contributed by atoms with Crippen LogP contribution < -0.4 is 5.32 Å². The van der Waals surface area contributed by atoms with E-state index in [-0.39, 0.29) is 17.9 Å². The number of nitrogens with zero attached hydrogens (tertiary/aromatic N) is 2. The Morgan fingerprint density at radius 2 is 1.84 bits per heavy atom. The molecule has 1 aromatic rings. The molecule has 0 spiro atoms. The van der Waals surface area contributed by atoms with Crippen LogP contribution in [0.1, 0.15) is 32.6 Å². The molecule has 0 radical (unpaired) electrons. The van der Waals surface area contributed by atoms with E-state index in [1.165, 1.54) is 0 Å². The van der Waals surface area contributed by atoms with Crippen molar-refractivity contribution in [1.82, 2.24) is 9.80 Å². The number of halogens is 1. The van der Waals surface area contributed by atoms with Gasteiger partial charge in [0.05, 0.1) is 6.04 Å². The van der Waals surface area contributed by atoms with E-state index in [4.69, 9.17) is 0 Å². The van der Waals surface area contributed by atoms with Crippen LogP contribution in [-0.4, -0.2) is 53.8 Å². The molecule has 2 aliphatic heterocycles. The van der Waals surface area contributed by atoms with Crippen molar-refractivity contribution in [2.45, 2.75) is 38.6 Å². The Bertz CT molecular complexity index is 623. The molecule has 136 valence electrons. The lowest BCUT2D eigenvalue weighted by Crippen LogP contribution is -2.48. The molecular weight excluding hydrogens is 382 g/mol. The molecule has 3 rings (SSSR count). The summed E-state index contributed by atoms with van der Waals surface area (Å²) in [5.41, 5.74) is 0.797. The summed E-state index contributed by atoms with van der Waals surface area (Å²) in [4.78, 5) is 29.2. The zero-order chi connectivity index (χ0) is 17.8. The van der Waals surface area contributed by atoms with Crippen LogP contribution >= 0.6 is 15.9 Å². The summed E-state index contributed by atoms with van der Waals surface area (Å²) in [7, 11) is 0. The number of carbonyl (C=O) groups is 2. The number of carbonyl (C=O) groups excluding carboxylic acids is 2. The molecule has 2 heterocycles. The summed E-state index contributed by atoms with van der Waals surface area (Å²) in [6, 6.07) is 7.42. The number of amides is 2. The average molecular weight is 408 g/mol. The first-order valence-electron chi connectivity index (χ1n) is 9.14. The SMILES string of the molecule is CC(C(=O)Nc1cccc(Br)c1)N1CCC(C(=O)N2CCCC2)CC1. The molecular formula is C19H26BrN3O2. The highest BCUT2D eigenvalue weighted by atomic mass is 79.9. The lowest BCUT2D eigenvalue weighted by molar-refractivity contribution is -0.136.